The Bertz CT molecular complexity index is 414. The minimum absolute atomic E-state index is 0.116. The summed E-state index contributed by atoms with van der Waals surface area (Å²) in [6.45, 7) is 5.54. The van der Waals surface area contributed by atoms with Gasteiger partial charge in [-0.05, 0) is 13.3 Å². The van der Waals surface area contributed by atoms with Gasteiger partial charge in [-0.15, -0.1) is 0 Å². The van der Waals surface area contributed by atoms with Crippen molar-refractivity contribution in [1.29, 1.82) is 0 Å². The van der Waals surface area contributed by atoms with Crippen LogP contribution in [0.1, 0.15) is 75.7 Å². The van der Waals surface area contributed by atoms with Gasteiger partial charge in [-0.3, -0.25) is 9.48 Å². The zero-order valence-corrected chi connectivity index (χ0v) is 13.5. The van der Waals surface area contributed by atoms with E-state index in [2.05, 4.69) is 17.3 Å². The summed E-state index contributed by atoms with van der Waals surface area (Å²) >= 11 is 0. The van der Waals surface area contributed by atoms with Gasteiger partial charge in [0.15, 0.2) is 0 Å². The van der Waals surface area contributed by atoms with E-state index in [1.54, 1.807) is 4.68 Å². The first-order valence-corrected chi connectivity index (χ1v) is 8.30. The van der Waals surface area contributed by atoms with Gasteiger partial charge in [0, 0.05) is 13.1 Å². The maximum Gasteiger partial charge on any atom is 0.271 e. The van der Waals surface area contributed by atoms with E-state index in [0.717, 1.165) is 6.42 Å². The van der Waals surface area contributed by atoms with Gasteiger partial charge in [0.2, 0.25) is 0 Å². The maximum absolute atomic E-state index is 12.1. The molecule has 5 nitrogen and oxygen atoms in total. The molecule has 0 saturated carbocycles. The number of amides is 1. The first-order chi connectivity index (χ1) is 10.2. The second kappa shape index (κ2) is 10.2. The molecule has 0 aliphatic heterocycles. The predicted molar refractivity (Wildman–Crippen MR) is 87.3 cm³/mol. The lowest BCUT2D eigenvalue weighted by Gasteiger charge is -2.07. The number of aryl methyl sites for hydroxylation is 1. The van der Waals surface area contributed by atoms with Gasteiger partial charge >= 0.3 is 0 Å². The van der Waals surface area contributed by atoms with Crippen LogP contribution in [0.4, 0.5) is 5.69 Å². The third-order valence-electron chi connectivity index (χ3n) is 3.70. The number of aromatic nitrogens is 2. The molecule has 3 N–H and O–H groups in total. The molecule has 0 fully saturated rings. The van der Waals surface area contributed by atoms with Crippen LogP contribution in [-0.2, 0) is 6.54 Å². The standard InChI is InChI=1S/C16H30N4O/c1-3-5-6-7-8-9-10-11-12-18-16(21)15-14(17)13-19-20(15)4-2/h13H,3-12,17H2,1-2H3,(H,18,21). The summed E-state index contributed by atoms with van der Waals surface area (Å²) in [5, 5.41) is 7.01. The zero-order chi connectivity index (χ0) is 15.5. The van der Waals surface area contributed by atoms with Crippen molar-refractivity contribution < 1.29 is 4.79 Å². The fourth-order valence-electron chi connectivity index (χ4n) is 2.43. The fraction of sp³-hybridized carbons (Fsp3) is 0.750. The van der Waals surface area contributed by atoms with E-state index < -0.39 is 0 Å². The summed E-state index contributed by atoms with van der Waals surface area (Å²) < 4.78 is 1.64. The largest absolute Gasteiger partial charge is 0.396 e. The molecular formula is C16H30N4O. The van der Waals surface area contributed by atoms with E-state index in [1.165, 1.54) is 51.1 Å². The molecule has 21 heavy (non-hydrogen) atoms. The molecule has 5 heteroatoms. The van der Waals surface area contributed by atoms with E-state index in [9.17, 15) is 4.79 Å². The summed E-state index contributed by atoms with van der Waals surface area (Å²) in [5.74, 6) is -0.116. The van der Waals surface area contributed by atoms with Crippen LogP contribution in [0.5, 0.6) is 0 Å². The monoisotopic (exact) mass is 294 g/mol. The molecule has 0 atom stereocenters. The zero-order valence-electron chi connectivity index (χ0n) is 13.5. The van der Waals surface area contributed by atoms with Crippen LogP contribution in [0.2, 0.25) is 0 Å². The third-order valence-corrected chi connectivity index (χ3v) is 3.70. The van der Waals surface area contributed by atoms with Crippen molar-refractivity contribution in [3.8, 4) is 0 Å². The van der Waals surface area contributed by atoms with Crippen LogP contribution in [0.3, 0.4) is 0 Å². The van der Waals surface area contributed by atoms with Crippen LogP contribution in [-0.4, -0.2) is 22.2 Å². The van der Waals surface area contributed by atoms with E-state index in [4.69, 9.17) is 5.73 Å². The quantitative estimate of drug-likeness (QED) is 0.615. The third kappa shape index (κ3) is 6.19. The number of nitrogens with zero attached hydrogens (tertiary/aromatic N) is 2. The smallest absolute Gasteiger partial charge is 0.271 e. The van der Waals surface area contributed by atoms with Gasteiger partial charge in [-0.25, -0.2) is 0 Å². The average molecular weight is 294 g/mol. The number of carbonyl (C=O) groups is 1. The average Bonchev–Trinajstić information content (AvgIpc) is 2.86. The Morgan fingerprint density at radius 2 is 1.76 bits per heavy atom. The maximum atomic E-state index is 12.1. The lowest BCUT2D eigenvalue weighted by Crippen LogP contribution is -2.27. The van der Waals surface area contributed by atoms with Crippen molar-refractivity contribution in [2.24, 2.45) is 0 Å². The van der Waals surface area contributed by atoms with Crippen LogP contribution in [0.15, 0.2) is 6.20 Å². The number of rotatable bonds is 11. The second-order valence-corrected chi connectivity index (χ2v) is 5.50. The number of nitrogens with one attached hydrogen (secondary N) is 1. The minimum atomic E-state index is -0.116. The Labute approximate surface area is 128 Å². The Kier molecular flexibility index (Phi) is 8.55. The number of anilines is 1. The van der Waals surface area contributed by atoms with Gasteiger partial charge in [0.05, 0.1) is 11.9 Å². The highest BCUT2D eigenvalue weighted by Gasteiger charge is 2.15. The molecule has 1 rings (SSSR count). The number of nitrogen functional groups attached to an aromatic ring is 1. The topological polar surface area (TPSA) is 72.9 Å². The van der Waals surface area contributed by atoms with E-state index >= 15 is 0 Å². The number of carbonyl (C=O) groups excluding carboxylic acids is 1. The lowest BCUT2D eigenvalue weighted by atomic mass is 10.1. The van der Waals surface area contributed by atoms with Crippen molar-refractivity contribution in [3.63, 3.8) is 0 Å². The normalized spacial score (nSPS) is 10.8. The molecule has 0 radical (unpaired) electrons. The van der Waals surface area contributed by atoms with Crippen molar-refractivity contribution in [1.82, 2.24) is 15.1 Å². The summed E-state index contributed by atoms with van der Waals surface area (Å²) in [4.78, 5) is 12.1. The van der Waals surface area contributed by atoms with Gasteiger partial charge in [0.25, 0.3) is 5.91 Å². The van der Waals surface area contributed by atoms with Gasteiger partial charge in [0.1, 0.15) is 5.69 Å². The highest BCUT2D eigenvalue weighted by atomic mass is 16.2. The number of nitrogens with two attached hydrogens (primary N) is 1. The molecule has 1 heterocycles. The fourth-order valence-corrected chi connectivity index (χ4v) is 2.43. The molecule has 1 amide bonds. The molecule has 0 saturated heterocycles. The second-order valence-electron chi connectivity index (χ2n) is 5.50. The summed E-state index contributed by atoms with van der Waals surface area (Å²) in [5.41, 5.74) is 6.72. The Morgan fingerprint density at radius 1 is 1.14 bits per heavy atom. The Hall–Kier alpha value is -1.52. The molecule has 0 bridgehead atoms. The van der Waals surface area contributed by atoms with Crippen LogP contribution in [0.25, 0.3) is 0 Å². The molecule has 0 aromatic carbocycles. The first kappa shape index (κ1) is 17.5. The molecule has 1 aromatic rings. The van der Waals surface area contributed by atoms with Crippen molar-refractivity contribution in [2.75, 3.05) is 12.3 Å². The van der Waals surface area contributed by atoms with Crippen molar-refractivity contribution in [2.45, 2.75) is 71.8 Å². The van der Waals surface area contributed by atoms with Crippen molar-refractivity contribution >= 4 is 11.6 Å². The van der Waals surface area contributed by atoms with E-state index in [-0.39, 0.29) is 5.91 Å². The highest BCUT2D eigenvalue weighted by molar-refractivity contribution is 5.97. The summed E-state index contributed by atoms with van der Waals surface area (Å²) in [7, 11) is 0. The molecule has 120 valence electrons. The summed E-state index contributed by atoms with van der Waals surface area (Å²) in [6, 6.07) is 0. The number of hydrogen-bond acceptors (Lipinski definition) is 3. The van der Waals surface area contributed by atoms with Crippen LogP contribution < -0.4 is 11.1 Å². The van der Waals surface area contributed by atoms with Crippen molar-refractivity contribution in [3.05, 3.63) is 11.9 Å². The van der Waals surface area contributed by atoms with Gasteiger partial charge < -0.3 is 11.1 Å². The van der Waals surface area contributed by atoms with Gasteiger partial charge in [-0.1, -0.05) is 51.9 Å². The molecule has 0 aliphatic carbocycles. The van der Waals surface area contributed by atoms with E-state index in [0.29, 0.717) is 24.5 Å². The van der Waals surface area contributed by atoms with E-state index in [1.807, 2.05) is 6.92 Å². The Morgan fingerprint density at radius 3 is 2.38 bits per heavy atom. The van der Waals surface area contributed by atoms with Crippen LogP contribution in [0, 0.1) is 0 Å². The molecule has 0 aliphatic rings. The molecule has 0 unspecified atom stereocenters. The molecule has 1 aromatic heterocycles. The molecular weight excluding hydrogens is 264 g/mol. The lowest BCUT2D eigenvalue weighted by molar-refractivity contribution is 0.0943. The minimum Gasteiger partial charge on any atom is -0.396 e. The number of unbranched alkanes of at least 4 members (excludes halogenated alkanes) is 7. The highest BCUT2D eigenvalue weighted by Crippen LogP contribution is 2.11. The first-order valence-electron chi connectivity index (χ1n) is 8.30. The van der Waals surface area contributed by atoms with Crippen LogP contribution >= 0.6 is 0 Å². The number of hydrogen-bond donors (Lipinski definition) is 2. The predicted octanol–water partition coefficient (Wildman–Crippen LogP) is 3.36. The SMILES string of the molecule is CCCCCCCCCCNC(=O)c1c(N)cnn1CC. The summed E-state index contributed by atoms with van der Waals surface area (Å²) in [6.07, 6.45) is 11.6. The molecule has 0 spiro atoms. The van der Waals surface area contributed by atoms with Gasteiger partial charge in [-0.2, -0.15) is 5.10 Å². The Balaban J connectivity index is 2.12.